The van der Waals surface area contributed by atoms with Crippen LogP contribution in [0, 0.1) is 0 Å². The number of fused-ring (bicyclic) bond motifs is 1. The van der Waals surface area contributed by atoms with Crippen molar-refractivity contribution in [2.45, 2.75) is 26.0 Å². The van der Waals surface area contributed by atoms with Crippen LogP contribution >= 0.6 is 11.3 Å². The van der Waals surface area contributed by atoms with E-state index in [0.717, 1.165) is 17.2 Å². The molecule has 0 spiro atoms. The van der Waals surface area contributed by atoms with Gasteiger partial charge < -0.3 is 14.8 Å². The second kappa shape index (κ2) is 5.26. The summed E-state index contributed by atoms with van der Waals surface area (Å²) in [4.78, 5) is 5.37. The predicted octanol–water partition coefficient (Wildman–Crippen LogP) is 1.92. The first-order valence-corrected chi connectivity index (χ1v) is 6.69. The van der Waals surface area contributed by atoms with Gasteiger partial charge in [0.25, 0.3) is 0 Å². The molecule has 0 bridgehead atoms. The van der Waals surface area contributed by atoms with Crippen molar-refractivity contribution in [1.29, 1.82) is 0 Å². The molecule has 0 fully saturated rings. The average Bonchev–Trinajstić information content (AvgIpc) is 2.90. The molecule has 5 nitrogen and oxygen atoms in total. The molecule has 0 saturated heterocycles. The van der Waals surface area contributed by atoms with E-state index in [4.69, 9.17) is 9.47 Å². The van der Waals surface area contributed by atoms with E-state index in [1.54, 1.807) is 25.6 Å². The third-order valence-corrected chi connectivity index (χ3v) is 3.67. The largest absolute Gasteiger partial charge is 0.480 e. The van der Waals surface area contributed by atoms with Gasteiger partial charge in [0.1, 0.15) is 5.69 Å². The highest BCUT2D eigenvalue weighted by Crippen LogP contribution is 2.22. The van der Waals surface area contributed by atoms with Crippen molar-refractivity contribution in [3.63, 3.8) is 0 Å². The Labute approximate surface area is 111 Å². The minimum absolute atomic E-state index is 0.175. The summed E-state index contributed by atoms with van der Waals surface area (Å²) >= 11 is 1.60. The zero-order valence-corrected chi connectivity index (χ0v) is 12.0. The van der Waals surface area contributed by atoms with Crippen LogP contribution in [0.25, 0.3) is 4.96 Å². The molecule has 2 aromatic heterocycles. The van der Waals surface area contributed by atoms with Crippen LogP contribution in [0.3, 0.4) is 0 Å². The van der Waals surface area contributed by atoms with Gasteiger partial charge in [-0.1, -0.05) is 0 Å². The molecule has 0 saturated carbocycles. The van der Waals surface area contributed by atoms with Gasteiger partial charge in [0.2, 0.25) is 5.88 Å². The fourth-order valence-corrected chi connectivity index (χ4v) is 2.42. The second-order valence-electron chi connectivity index (χ2n) is 4.69. The molecule has 100 valence electrons. The Morgan fingerprint density at radius 1 is 1.44 bits per heavy atom. The number of nitrogens with one attached hydrogen (secondary N) is 1. The van der Waals surface area contributed by atoms with E-state index in [1.165, 1.54) is 0 Å². The molecule has 18 heavy (non-hydrogen) atoms. The highest BCUT2D eigenvalue weighted by Gasteiger charge is 2.17. The van der Waals surface area contributed by atoms with Crippen LogP contribution in [0.4, 0.5) is 0 Å². The Morgan fingerprint density at radius 2 is 2.22 bits per heavy atom. The van der Waals surface area contributed by atoms with Gasteiger partial charge >= 0.3 is 0 Å². The summed E-state index contributed by atoms with van der Waals surface area (Å²) in [6.45, 7) is 5.57. The SMILES string of the molecule is COc1nc2sccn2c1CNCC(C)(C)OC. The molecule has 0 aliphatic heterocycles. The summed E-state index contributed by atoms with van der Waals surface area (Å²) in [5.74, 6) is 0.685. The molecule has 0 aliphatic carbocycles. The normalized spacial score (nSPS) is 12.2. The van der Waals surface area contributed by atoms with E-state index >= 15 is 0 Å². The van der Waals surface area contributed by atoms with Crippen molar-refractivity contribution in [3.05, 3.63) is 17.3 Å². The molecular weight excluding hydrogens is 250 g/mol. The fraction of sp³-hybridized carbons (Fsp3) is 0.583. The van der Waals surface area contributed by atoms with Gasteiger partial charge in [-0.2, -0.15) is 4.98 Å². The lowest BCUT2D eigenvalue weighted by Gasteiger charge is -2.23. The zero-order valence-electron chi connectivity index (χ0n) is 11.2. The lowest BCUT2D eigenvalue weighted by atomic mass is 10.1. The smallest absolute Gasteiger partial charge is 0.237 e. The van der Waals surface area contributed by atoms with Gasteiger partial charge in [-0.05, 0) is 13.8 Å². The molecular formula is C12H19N3O2S. The standard InChI is InChI=1S/C12H19N3O2S/c1-12(2,17-4)8-13-7-9-10(16-3)14-11-15(9)5-6-18-11/h5-6,13H,7-8H2,1-4H3. The number of hydrogen-bond acceptors (Lipinski definition) is 5. The maximum Gasteiger partial charge on any atom is 0.237 e. The first kappa shape index (κ1) is 13.3. The molecule has 2 rings (SSSR count). The molecule has 0 amide bonds. The number of hydrogen-bond donors (Lipinski definition) is 1. The number of rotatable bonds is 6. The topological polar surface area (TPSA) is 47.8 Å². The van der Waals surface area contributed by atoms with Crippen LogP contribution in [0.2, 0.25) is 0 Å². The molecule has 0 aromatic carbocycles. The number of aromatic nitrogens is 2. The minimum atomic E-state index is -0.175. The lowest BCUT2D eigenvalue weighted by Crippen LogP contribution is -2.36. The molecule has 2 aromatic rings. The van der Waals surface area contributed by atoms with Crippen LogP contribution in [-0.2, 0) is 11.3 Å². The minimum Gasteiger partial charge on any atom is -0.480 e. The first-order chi connectivity index (χ1) is 8.57. The van der Waals surface area contributed by atoms with E-state index in [1.807, 2.05) is 25.4 Å². The zero-order chi connectivity index (χ0) is 13.2. The van der Waals surface area contributed by atoms with Gasteiger partial charge in [-0.3, -0.25) is 4.40 Å². The Bertz CT molecular complexity index is 518. The maximum atomic E-state index is 5.37. The van der Waals surface area contributed by atoms with Crippen LogP contribution in [0.5, 0.6) is 5.88 Å². The molecule has 0 radical (unpaired) electrons. The van der Waals surface area contributed by atoms with Crippen LogP contribution < -0.4 is 10.1 Å². The third-order valence-electron chi connectivity index (χ3n) is 2.91. The Kier molecular flexibility index (Phi) is 3.89. The Hall–Kier alpha value is -1.11. The van der Waals surface area contributed by atoms with E-state index in [-0.39, 0.29) is 5.60 Å². The molecule has 0 atom stereocenters. The molecule has 0 aliphatic rings. The highest BCUT2D eigenvalue weighted by atomic mass is 32.1. The van der Waals surface area contributed by atoms with Gasteiger partial charge in [-0.15, -0.1) is 11.3 Å². The summed E-state index contributed by atoms with van der Waals surface area (Å²) < 4.78 is 12.7. The van der Waals surface area contributed by atoms with Crippen molar-refractivity contribution in [2.24, 2.45) is 0 Å². The van der Waals surface area contributed by atoms with E-state index < -0.39 is 0 Å². The predicted molar refractivity (Wildman–Crippen MR) is 72.4 cm³/mol. The number of nitrogens with zero attached hydrogens (tertiary/aromatic N) is 2. The molecule has 2 heterocycles. The van der Waals surface area contributed by atoms with Crippen molar-refractivity contribution < 1.29 is 9.47 Å². The molecule has 0 unspecified atom stereocenters. The molecule has 1 N–H and O–H groups in total. The van der Waals surface area contributed by atoms with Crippen molar-refractivity contribution in [1.82, 2.24) is 14.7 Å². The quantitative estimate of drug-likeness (QED) is 0.870. The summed E-state index contributed by atoms with van der Waals surface area (Å²) in [7, 11) is 3.37. The molecule has 6 heteroatoms. The Balaban J connectivity index is 2.08. The van der Waals surface area contributed by atoms with Crippen LogP contribution in [0.15, 0.2) is 11.6 Å². The third kappa shape index (κ3) is 2.66. The maximum absolute atomic E-state index is 5.37. The van der Waals surface area contributed by atoms with Crippen molar-refractivity contribution in [3.8, 4) is 5.88 Å². The number of methoxy groups -OCH3 is 2. The average molecular weight is 269 g/mol. The first-order valence-electron chi connectivity index (χ1n) is 5.81. The summed E-state index contributed by atoms with van der Waals surface area (Å²) in [6.07, 6.45) is 2.01. The number of ether oxygens (including phenoxy) is 2. The summed E-state index contributed by atoms with van der Waals surface area (Å²) in [5.41, 5.74) is 0.867. The number of thiazole rings is 1. The van der Waals surface area contributed by atoms with Gasteiger partial charge in [0, 0.05) is 31.8 Å². The Morgan fingerprint density at radius 3 is 2.89 bits per heavy atom. The van der Waals surface area contributed by atoms with Gasteiger partial charge in [-0.25, -0.2) is 0 Å². The van der Waals surface area contributed by atoms with Crippen LogP contribution in [0.1, 0.15) is 19.5 Å². The van der Waals surface area contributed by atoms with E-state index in [9.17, 15) is 0 Å². The van der Waals surface area contributed by atoms with E-state index in [0.29, 0.717) is 12.4 Å². The highest BCUT2D eigenvalue weighted by molar-refractivity contribution is 7.15. The van der Waals surface area contributed by atoms with Crippen molar-refractivity contribution >= 4 is 16.3 Å². The van der Waals surface area contributed by atoms with E-state index in [2.05, 4.69) is 14.7 Å². The summed E-state index contributed by atoms with van der Waals surface area (Å²) in [5, 5.41) is 5.39. The van der Waals surface area contributed by atoms with Gasteiger partial charge in [0.05, 0.1) is 12.7 Å². The fourth-order valence-electron chi connectivity index (χ4n) is 1.69. The van der Waals surface area contributed by atoms with Crippen molar-refractivity contribution in [2.75, 3.05) is 20.8 Å². The van der Waals surface area contributed by atoms with Gasteiger partial charge in [0.15, 0.2) is 4.96 Å². The van der Waals surface area contributed by atoms with Crippen LogP contribution in [-0.4, -0.2) is 35.8 Å². The second-order valence-corrected chi connectivity index (χ2v) is 5.56. The summed E-state index contributed by atoms with van der Waals surface area (Å²) in [6, 6.07) is 0. The number of imidazole rings is 1. The monoisotopic (exact) mass is 269 g/mol. The lowest BCUT2D eigenvalue weighted by molar-refractivity contribution is 0.0229.